The molecular formula is C23H24F2N2O5. The zero-order valence-electron chi connectivity index (χ0n) is 18.2. The molecule has 0 fully saturated rings. The molecule has 1 N–H and O–H groups in total. The summed E-state index contributed by atoms with van der Waals surface area (Å²) in [6.07, 6.45) is 0.899. The van der Waals surface area contributed by atoms with Gasteiger partial charge in [0.15, 0.2) is 11.6 Å². The summed E-state index contributed by atoms with van der Waals surface area (Å²) in [5, 5.41) is 2.73. The Morgan fingerprint density at radius 2 is 1.97 bits per heavy atom. The minimum atomic E-state index is -1.16. The average molecular weight is 446 g/mol. The first kappa shape index (κ1) is 23.1. The molecule has 0 spiro atoms. The van der Waals surface area contributed by atoms with E-state index in [0.29, 0.717) is 23.6 Å². The monoisotopic (exact) mass is 446 g/mol. The predicted octanol–water partition coefficient (Wildman–Crippen LogP) is 4.74. The van der Waals surface area contributed by atoms with Crippen LogP contribution in [-0.2, 0) is 6.54 Å². The Kier molecular flexibility index (Phi) is 7.29. The highest BCUT2D eigenvalue weighted by atomic mass is 19.2. The van der Waals surface area contributed by atoms with Gasteiger partial charge in [0.25, 0.3) is 5.91 Å². The second-order valence-corrected chi connectivity index (χ2v) is 7.00. The van der Waals surface area contributed by atoms with Crippen molar-refractivity contribution in [1.29, 1.82) is 0 Å². The van der Waals surface area contributed by atoms with E-state index in [9.17, 15) is 13.6 Å². The molecule has 1 amide bonds. The number of hydrogen-bond acceptors (Lipinski definition) is 6. The summed E-state index contributed by atoms with van der Waals surface area (Å²) >= 11 is 0. The van der Waals surface area contributed by atoms with Gasteiger partial charge in [-0.25, -0.2) is 9.37 Å². The zero-order chi connectivity index (χ0) is 23.3. The van der Waals surface area contributed by atoms with Crippen LogP contribution in [0.15, 0.2) is 41.0 Å². The molecule has 7 nitrogen and oxygen atoms in total. The van der Waals surface area contributed by atoms with E-state index in [1.165, 1.54) is 13.4 Å². The lowest BCUT2D eigenvalue weighted by atomic mass is 10.1. The number of carbonyl (C=O) groups excluding carboxylic acids is 1. The van der Waals surface area contributed by atoms with Crippen LogP contribution >= 0.6 is 0 Å². The number of carbonyl (C=O) groups is 1. The summed E-state index contributed by atoms with van der Waals surface area (Å²) in [7, 11) is 1.31. The van der Waals surface area contributed by atoms with E-state index >= 15 is 0 Å². The summed E-state index contributed by atoms with van der Waals surface area (Å²) in [5.74, 6) is -2.58. The van der Waals surface area contributed by atoms with Gasteiger partial charge in [-0.3, -0.25) is 4.79 Å². The number of para-hydroxylation sites is 1. The van der Waals surface area contributed by atoms with Crippen LogP contribution in [-0.4, -0.2) is 30.7 Å². The molecule has 0 atom stereocenters. The van der Waals surface area contributed by atoms with Gasteiger partial charge in [-0.2, -0.15) is 4.39 Å². The fraction of sp³-hybridized carbons (Fsp3) is 0.304. The Balaban J connectivity index is 1.82. The third kappa shape index (κ3) is 4.99. The molecule has 1 aromatic heterocycles. The molecule has 0 aliphatic carbocycles. The smallest absolute Gasteiger partial charge is 0.255 e. The van der Waals surface area contributed by atoms with E-state index in [4.69, 9.17) is 18.6 Å². The van der Waals surface area contributed by atoms with Crippen LogP contribution in [0.2, 0.25) is 0 Å². The summed E-state index contributed by atoms with van der Waals surface area (Å²) < 4.78 is 50.0. The van der Waals surface area contributed by atoms with E-state index in [0.717, 1.165) is 6.07 Å². The van der Waals surface area contributed by atoms with E-state index in [-0.39, 0.29) is 35.4 Å². The van der Waals surface area contributed by atoms with E-state index < -0.39 is 17.7 Å². The SMILES string of the molecule is CCOc1ccccc1C(=O)NCc1coc(-c2cc(F)c(F)c(OC(C)C)c2OC)n1. The number of oxazole rings is 1. The van der Waals surface area contributed by atoms with Gasteiger partial charge in [0, 0.05) is 0 Å². The minimum absolute atomic E-state index is 0.00618. The van der Waals surface area contributed by atoms with Gasteiger partial charge >= 0.3 is 0 Å². The lowest BCUT2D eigenvalue weighted by molar-refractivity contribution is 0.0946. The van der Waals surface area contributed by atoms with E-state index in [1.807, 2.05) is 6.92 Å². The maximum Gasteiger partial charge on any atom is 0.255 e. The second-order valence-electron chi connectivity index (χ2n) is 7.00. The second kappa shape index (κ2) is 10.1. The fourth-order valence-electron chi connectivity index (χ4n) is 3.00. The van der Waals surface area contributed by atoms with Crippen molar-refractivity contribution in [2.24, 2.45) is 0 Å². The van der Waals surface area contributed by atoms with Crippen LogP contribution in [0.5, 0.6) is 17.2 Å². The van der Waals surface area contributed by atoms with Gasteiger partial charge < -0.3 is 23.9 Å². The topological polar surface area (TPSA) is 82.8 Å². The third-order valence-corrected chi connectivity index (χ3v) is 4.33. The normalized spacial score (nSPS) is 10.8. The number of benzene rings is 2. The highest BCUT2D eigenvalue weighted by molar-refractivity contribution is 5.96. The van der Waals surface area contributed by atoms with Gasteiger partial charge in [0.2, 0.25) is 17.5 Å². The van der Waals surface area contributed by atoms with Crippen molar-refractivity contribution in [1.82, 2.24) is 10.3 Å². The average Bonchev–Trinajstić information content (AvgIpc) is 3.24. The molecule has 32 heavy (non-hydrogen) atoms. The van der Waals surface area contributed by atoms with Crippen LogP contribution in [0.3, 0.4) is 0 Å². The van der Waals surface area contributed by atoms with Crippen LogP contribution in [0.4, 0.5) is 8.78 Å². The lowest BCUT2D eigenvalue weighted by Gasteiger charge is -2.16. The van der Waals surface area contributed by atoms with Crippen molar-refractivity contribution >= 4 is 5.91 Å². The zero-order valence-corrected chi connectivity index (χ0v) is 18.2. The van der Waals surface area contributed by atoms with Crippen molar-refractivity contribution in [2.45, 2.75) is 33.4 Å². The van der Waals surface area contributed by atoms with Crippen molar-refractivity contribution in [3.63, 3.8) is 0 Å². The largest absolute Gasteiger partial charge is 0.493 e. The molecule has 2 aromatic carbocycles. The number of halogens is 2. The van der Waals surface area contributed by atoms with Crippen LogP contribution < -0.4 is 19.5 Å². The number of rotatable bonds is 9. The molecule has 0 saturated carbocycles. The molecule has 0 aliphatic heterocycles. The van der Waals surface area contributed by atoms with Crippen LogP contribution in [0.1, 0.15) is 36.8 Å². The molecular weight excluding hydrogens is 422 g/mol. The lowest BCUT2D eigenvalue weighted by Crippen LogP contribution is -2.23. The Hall–Kier alpha value is -3.62. The molecule has 1 heterocycles. The van der Waals surface area contributed by atoms with E-state index in [2.05, 4.69) is 10.3 Å². The van der Waals surface area contributed by atoms with Gasteiger partial charge in [0.1, 0.15) is 12.0 Å². The Labute approximate surface area is 184 Å². The first-order valence-corrected chi connectivity index (χ1v) is 10.0. The molecule has 3 rings (SSSR count). The molecule has 3 aromatic rings. The molecule has 0 bridgehead atoms. The summed E-state index contributed by atoms with van der Waals surface area (Å²) in [4.78, 5) is 16.8. The summed E-state index contributed by atoms with van der Waals surface area (Å²) in [6.45, 7) is 5.66. The Morgan fingerprint density at radius 1 is 1.22 bits per heavy atom. The molecule has 0 unspecified atom stereocenters. The van der Waals surface area contributed by atoms with Crippen molar-refractivity contribution in [3.05, 3.63) is 59.5 Å². The van der Waals surface area contributed by atoms with Gasteiger partial charge in [0.05, 0.1) is 43.2 Å². The Morgan fingerprint density at radius 3 is 2.66 bits per heavy atom. The fourth-order valence-corrected chi connectivity index (χ4v) is 3.00. The highest BCUT2D eigenvalue weighted by Crippen LogP contribution is 2.41. The van der Waals surface area contributed by atoms with Crippen molar-refractivity contribution < 1.29 is 32.2 Å². The van der Waals surface area contributed by atoms with Crippen LogP contribution in [0.25, 0.3) is 11.5 Å². The Bertz CT molecular complexity index is 1100. The third-order valence-electron chi connectivity index (χ3n) is 4.33. The number of ether oxygens (including phenoxy) is 3. The van der Waals surface area contributed by atoms with E-state index in [1.54, 1.807) is 38.1 Å². The van der Waals surface area contributed by atoms with Crippen LogP contribution in [0, 0.1) is 11.6 Å². The van der Waals surface area contributed by atoms with Gasteiger partial charge in [-0.05, 0) is 39.0 Å². The maximum atomic E-state index is 14.3. The van der Waals surface area contributed by atoms with Gasteiger partial charge in [-0.15, -0.1) is 0 Å². The number of nitrogens with zero attached hydrogens (tertiary/aromatic N) is 1. The number of hydrogen-bond donors (Lipinski definition) is 1. The number of aromatic nitrogens is 1. The number of nitrogens with one attached hydrogen (secondary N) is 1. The molecule has 9 heteroatoms. The standard InChI is InChI=1S/C23H24F2N2O5/c1-5-30-18-9-7-6-8-15(18)22(28)26-11-14-12-31-23(27-14)16-10-17(24)19(25)21(20(16)29-4)32-13(2)3/h6-10,12-13H,5,11H2,1-4H3,(H,26,28). The predicted molar refractivity (Wildman–Crippen MR) is 113 cm³/mol. The quantitative estimate of drug-likeness (QED) is 0.511. The van der Waals surface area contributed by atoms with Crippen molar-refractivity contribution in [3.8, 4) is 28.7 Å². The first-order chi connectivity index (χ1) is 15.3. The van der Waals surface area contributed by atoms with Gasteiger partial charge in [-0.1, -0.05) is 12.1 Å². The maximum absolute atomic E-state index is 14.3. The summed E-state index contributed by atoms with van der Waals surface area (Å²) in [5.41, 5.74) is 0.845. The highest BCUT2D eigenvalue weighted by Gasteiger charge is 2.25. The first-order valence-electron chi connectivity index (χ1n) is 10.0. The van der Waals surface area contributed by atoms with Crippen molar-refractivity contribution in [2.75, 3.05) is 13.7 Å². The summed E-state index contributed by atoms with van der Waals surface area (Å²) in [6, 6.07) is 7.79. The molecule has 170 valence electrons. The number of amides is 1. The minimum Gasteiger partial charge on any atom is -0.493 e. The number of methoxy groups -OCH3 is 1. The molecule has 0 radical (unpaired) electrons. The molecule has 0 saturated heterocycles. The molecule has 0 aliphatic rings.